The standard InChI is InChI=1S/C14H20N2O4/c1-12-3-4-13(11-15)14(17)16(12)5-6-19-9-10-20-8-7-18-2/h3-4H,5-10H2,1-2H3. The van der Waals surface area contributed by atoms with Gasteiger partial charge in [0.15, 0.2) is 0 Å². The lowest BCUT2D eigenvalue weighted by molar-refractivity contribution is 0.0228. The van der Waals surface area contributed by atoms with Crippen LogP contribution in [0.15, 0.2) is 16.9 Å². The fourth-order valence-corrected chi connectivity index (χ4v) is 1.65. The third-order valence-electron chi connectivity index (χ3n) is 2.78. The van der Waals surface area contributed by atoms with E-state index >= 15 is 0 Å². The van der Waals surface area contributed by atoms with Gasteiger partial charge in [0, 0.05) is 19.3 Å². The Morgan fingerprint density at radius 3 is 2.45 bits per heavy atom. The zero-order chi connectivity index (χ0) is 14.8. The van der Waals surface area contributed by atoms with Crippen molar-refractivity contribution in [3.05, 3.63) is 33.7 Å². The molecule has 0 spiro atoms. The largest absolute Gasteiger partial charge is 0.382 e. The van der Waals surface area contributed by atoms with Crippen LogP contribution in [0.3, 0.4) is 0 Å². The Labute approximate surface area is 118 Å². The molecule has 0 saturated heterocycles. The normalized spacial score (nSPS) is 10.4. The lowest BCUT2D eigenvalue weighted by Crippen LogP contribution is -2.26. The van der Waals surface area contributed by atoms with E-state index < -0.39 is 0 Å². The topological polar surface area (TPSA) is 73.5 Å². The third kappa shape index (κ3) is 5.13. The molecular weight excluding hydrogens is 260 g/mol. The number of hydrogen-bond acceptors (Lipinski definition) is 5. The minimum absolute atomic E-state index is 0.151. The van der Waals surface area contributed by atoms with Gasteiger partial charge < -0.3 is 18.8 Å². The van der Waals surface area contributed by atoms with Gasteiger partial charge in [0.05, 0.1) is 33.0 Å². The van der Waals surface area contributed by atoms with E-state index in [1.54, 1.807) is 23.8 Å². The van der Waals surface area contributed by atoms with Crippen LogP contribution in [0.25, 0.3) is 0 Å². The number of hydrogen-bond donors (Lipinski definition) is 0. The second-order valence-electron chi connectivity index (χ2n) is 4.17. The maximum Gasteiger partial charge on any atom is 0.268 e. The number of pyridine rings is 1. The first-order valence-corrected chi connectivity index (χ1v) is 6.45. The van der Waals surface area contributed by atoms with Gasteiger partial charge in [-0.05, 0) is 19.1 Å². The molecule has 0 aliphatic heterocycles. The fraction of sp³-hybridized carbons (Fsp3) is 0.571. The van der Waals surface area contributed by atoms with Crippen molar-refractivity contribution < 1.29 is 14.2 Å². The van der Waals surface area contributed by atoms with Crippen molar-refractivity contribution in [2.75, 3.05) is 40.1 Å². The third-order valence-corrected chi connectivity index (χ3v) is 2.78. The van der Waals surface area contributed by atoms with Gasteiger partial charge in [-0.1, -0.05) is 0 Å². The van der Waals surface area contributed by atoms with E-state index in [4.69, 9.17) is 19.5 Å². The number of ether oxygens (including phenoxy) is 3. The Kier molecular flexibility index (Phi) is 7.58. The van der Waals surface area contributed by atoms with Crippen molar-refractivity contribution in [3.8, 4) is 6.07 Å². The minimum Gasteiger partial charge on any atom is -0.382 e. The van der Waals surface area contributed by atoms with E-state index in [0.29, 0.717) is 39.6 Å². The molecule has 20 heavy (non-hydrogen) atoms. The van der Waals surface area contributed by atoms with Crippen LogP contribution in [0.1, 0.15) is 11.3 Å². The van der Waals surface area contributed by atoms with E-state index in [0.717, 1.165) is 5.69 Å². The van der Waals surface area contributed by atoms with Gasteiger partial charge in [-0.25, -0.2) is 0 Å². The molecule has 0 unspecified atom stereocenters. The Morgan fingerprint density at radius 1 is 1.15 bits per heavy atom. The molecule has 0 bridgehead atoms. The number of rotatable bonds is 9. The summed E-state index contributed by atoms with van der Waals surface area (Å²) in [5.41, 5.74) is 0.694. The molecule has 0 radical (unpaired) electrons. The SMILES string of the molecule is COCCOCCOCCn1c(C)ccc(C#N)c1=O. The fourth-order valence-electron chi connectivity index (χ4n) is 1.65. The van der Waals surface area contributed by atoms with E-state index in [9.17, 15) is 4.79 Å². The molecule has 0 aliphatic rings. The molecule has 1 heterocycles. The molecule has 1 rings (SSSR count). The maximum atomic E-state index is 11.9. The first-order chi connectivity index (χ1) is 9.70. The van der Waals surface area contributed by atoms with Crippen LogP contribution in [0, 0.1) is 18.3 Å². The molecule has 110 valence electrons. The molecule has 0 aromatic carbocycles. The van der Waals surface area contributed by atoms with Crippen LogP contribution in [0.5, 0.6) is 0 Å². The summed E-state index contributed by atoms with van der Waals surface area (Å²) in [5.74, 6) is 0. The average Bonchev–Trinajstić information content (AvgIpc) is 2.45. The first-order valence-electron chi connectivity index (χ1n) is 6.45. The van der Waals surface area contributed by atoms with Crippen molar-refractivity contribution in [2.45, 2.75) is 13.5 Å². The number of aromatic nitrogens is 1. The van der Waals surface area contributed by atoms with Crippen molar-refractivity contribution in [1.29, 1.82) is 5.26 Å². The summed E-state index contributed by atoms with van der Waals surface area (Å²) >= 11 is 0. The van der Waals surface area contributed by atoms with E-state index in [-0.39, 0.29) is 11.1 Å². The summed E-state index contributed by atoms with van der Waals surface area (Å²) in [7, 11) is 1.62. The highest BCUT2D eigenvalue weighted by Gasteiger charge is 2.05. The van der Waals surface area contributed by atoms with Crippen molar-refractivity contribution >= 4 is 0 Å². The highest BCUT2D eigenvalue weighted by molar-refractivity contribution is 5.27. The smallest absolute Gasteiger partial charge is 0.268 e. The summed E-state index contributed by atoms with van der Waals surface area (Å²) in [4.78, 5) is 11.9. The molecule has 0 N–H and O–H groups in total. The Hall–Kier alpha value is -1.68. The van der Waals surface area contributed by atoms with Gasteiger partial charge in [0.2, 0.25) is 0 Å². The van der Waals surface area contributed by atoms with Gasteiger partial charge in [-0.15, -0.1) is 0 Å². The number of methoxy groups -OCH3 is 1. The number of nitriles is 1. The summed E-state index contributed by atoms with van der Waals surface area (Å²) in [6.07, 6.45) is 0. The maximum absolute atomic E-state index is 11.9. The number of aryl methyl sites for hydroxylation is 1. The van der Waals surface area contributed by atoms with Crippen molar-refractivity contribution in [2.24, 2.45) is 0 Å². The van der Waals surface area contributed by atoms with Gasteiger partial charge >= 0.3 is 0 Å². The molecule has 0 amide bonds. The quantitative estimate of drug-likeness (QED) is 0.623. The van der Waals surface area contributed by atoms with Gasteiger partial charge in [0.25, 0.3) is 5.56 Å². The Bertz CT molecular complexity index is 505. The minimum atomic E-state index is -0.271. The molecule has 0 atom stereocenters. The van der Waals surface area contributed by atoms with E-state index in [1.807, 2.05) is 13.0 Å². The van der Waals surface area contributed by atoms with E-state index in [1.165, 1.54) is 0 Å². The molecule has 0 aliphatic carbocycles. The first kappa shape index (κ1) is 16.4. The highest BCUT2D eigenvalue weighted by atomic mass is 16.5. The zero-order valence-corrected chi connectivity index (χ0v) is 11.9. The summed E-state index contributed by atoms with van der Waals surface area (Å²) < 4.78 is 17.0. The van der Waals surface area contributed by atoms with Crippen LogP contribution in [0.4, 0.5) is 0 Å². The summed E-state index contributed by atoms with van der Waals surface area (Å²) in [5, 5.41) is 8.82. The molecule has 6 heteroatoms. The molecule has 6 nitrogen and oxygen atoms in total. The molecule has 0 fully saturated rings. The van der Waals surface area contributed by atoms with Crippen LogP contribution >= 0.6 is 0 Å². The molecule has 1 aromatic heterocycles. The van der Waals surface area contributed by atoms with E-state index in [2.05, 4.69) is 0 Å². The molecular formula is C14H20N2O4. The molecule has 0 saturated carbocycles. The van der Waals surface area contributed by atoms with Gasteiger partial charge in [-0.2, -0.15) is 5.26 Å². The van der Waals surface area contributed by atoms with Crippen LogP contribution in [-0.4, -0.2) is 44.7 Å². The van der Waals surface area contributed by atoms with Crippen LogP contribution in [-0.2, 0) is 20.8 Å². The Morgan fingerprint density at radius 2 is 1.80 bits per heavy atom. The van der Waals surface area contributed by atoms with Crippen LogP contribution < -0.4 is 5.56 Å². The summed E-state index contributed by atoms with van der Waals surface area (Å²) in [6, 6.07) is 5.19. The Balaban J connectivity index is 2.33. The van der Waals surface area contributed by atoms with Gasteiger partial charge in [-0.3, -0.25) is 4.79 Å². The van der Waals surface area contributed by atoms with Gasteiger partial charge in [0.1, 0.15) is 11.6 Å². The predicted molar refractivity (Wildman–Crippen MR) is 73.7 cm³/mol. The average molecular weight is 280 g/mol. The number of nitrogens with zero attached hydrogens (tertiary/aromatic N) is 2. The second kappa shape index (κ2) is 9.26. The summed E-state index contributed by atoms with van der Waals surface area (Å²) in [6.45, 7) is 4.74. The zero-order valence-electron chi connectivity index (χ0n) is 11.9. The highest BCUT2D eigenvalue weighted by Crippen LogP contribution is 1.97. The lowest BCUT2D eigenvalue weighted by atomic mass is 10.2. The lowest BCUT2D eigenvalue weighted by Gasteiger charge is -2.10. The predicted octanol–water partition coefficient (Wildman–Crippen LogP) is 0.708. The van der Waals surface area contributed by atoms with Crippen molar-refractivity contribution in [3.63, 3.8) is 0 Å². The molecule has 1 aromatic rings. The van der Waals surface area contributed by atoms with Crippen LogP contribution in [0.2, 0.25) is 0 Å². The second-order valence-corrected chi connectivity index (χ2v) is 4.17. The van der Waals surface area contributed by atoms with Crippen molar-refractivity contribution in [1.82, 2.24) is 4.57 Å². The monoisotopic (exact) mass is 280 g/mol.